The van der Waals surface area contributed by atoms with Crippen LogP contribution in [0, 0.1) is 12.7 Å². The summed E-state index contributed by atoms with van der Waals surface area (Å²) in [4.78, 5) is 21.6. The van der Waals surface area contributed by atoms with Gasteiger partial charge in [-0.25, -0.2) is 18.7 Å². The number of anilines is 2. The number of pyridine rings is 1. The van der Waals surface area contributed by atoms with Gasteiger partial charge in [-0.1, -0.05) is 16.8 Å². The van der Waals surface area contributed by atoms with Gasteiger partial charge in [0.1, 0.15) is 11.5 Å². The van der Waals surface area contributed by atoms with Crippen molar-refractivity contribution in [3.05, 3.63) is 81.4 Å². The Morgan fingerprint density at radius 1 is 1.08 bits per heavy atom. The van der Waals surface area contributed by atoms with Crippen LogP contribution in [0.25, 0.3) is 5.69 Å². The van der Waals surface area contributed by atoms with Gasteiger partial charge in [0.15, 0.2) is 0 Å². The van der Waals surface area contributed by atoms with E-state index in [0.717, 1.165) is 37.6 Å². The van der Waals surface area contributed by atoms with Gasteiger partial charge in [-0.2, -0.15) is 5.10 Å². The highest BCUT2D eigenvalue weighted by atomic mass is 35.5. The van der Waals surface area contributed by atoms with E-state index in [1.54, 1.807) is 38.6 Å². The summed E-state index contributed by atoms with van der Waals surface area (Å²) in [7, 11) is 1.61. The lowest BCUT2D eigenvalue weighted by molar-refractivity contribution is 0.397. The predicted molar refractivity (Wildman–Crippen MR) is 134 cm³/mol. The number of aryl methyl sites for hydroxylation is 1. The molecular weight excluding hydrogens is 487 g/mol. The van der Waals surface area contributed by atoms with E-state index in [0.29, 0.717) is 17.3 Å². The molecule has 1 aliphatic rings. The number of piperazine rings is 1. The summed E-state index contributed by atoms with van der Waals surface area (Å²) in [5, 5.41) is 12.8. The van der Waals surface area contributed by atoms with Crippen molar-refractivity contribution in [3.63, 3.8) is 0 Å². The van der Waals surface area contributed by atoms with Crippen molar-refractivity contribution in [2.24, 2.45) is 0 Å². The molecule has 5 rings (SSSR count). The highest BCUT2D eigenvalue weighted by molar-refractivity contribution is 6.30. The summed E-state index contributed by atoms with van der Waals surface area (Å²) in [6.45, 7) is 4.78. The lowest BCUT2D eigenvalue weighted by atomic mass is 10.2. The van der Waals surface area contributed by atoms with Crippen molar-refractivity contribution in [1.29, 1.82) is 0 Å². The van der Waals surface area contributed by atoms with E-state index in [-0.39, 0.29) is 22.8 Å². The highest BCUT2D eigenvalue weighted by Crippen LogP contribution is 2.27. The first-order valence-electron chi connectivity index (χ1n) is 11.4. The Bertz CT molecular complexity index is 1450. The molecule has 0 bridgehead atoms. The Morgan fingerprint density at radius 3 is 2.58 bits per heavy atom. The van der Waals surface area contributed by atoms with Gasteiger partial charge in [-0.15, -0.1) is 5.10 Å². The summed E-state index contributed by atoms with van der Waals surface area (Å²) in [6, 6.07) is 9.75. The van der Waals surface area contributed by atoms with Crippen molar-refractivity contribution < 1.29 is 9.13 Å². The second-order valence-corrected chi connectivity index (χ2v) is 8.78. The summed E-state index contributed by atoms with van der Waals surface area (Å²) in [5.74, 6) is 0.0602. The zero-order valence-electron chi connectivity index (χ0n) is 19.8. The topological polar surface area (TPSA) is 94.2 Å². The van der Waals surface area contributed by atoms with Crippen LogP contribution < -0.4 is 20.1 Å². The number of benzene rings is 1. The molecule has 12 heteroatoms. The second-order valence-electron chi connectivity index (χ2n) is 8.34. The maximum atomic E-state index is 14.5. The fourth-order valence-electron chi connectivity index (χ4n) is 4.25. The van der Waals surface area contributed by atoms with E-state index in [4.69, 9.17) is 16.3 Å². The summed E-state index contributed by atoms with van der Waals surface area (Å²) < 4.78 is 22.6. The zero-order chi connectivity index (χ0) is 25.2. The molecule has 1 saturated heterocycles. The van der Waals surface area contributed by atoms with E-state index in [1.165, 1.54) is 21.5 Å². The van der Waals surface area contributed by atoms with Gasteiger partial charge >= 0.3 is 0 Å². The lowest BCUT2D eigenvalue weighted by Crippen LogP contribution is -2.47. The van der Waals surface area contributed by atoms with E-state index < -0.39 is 5.82 Å². The molecule has 0 atom stereocenters. The van der Waals surface area contributed by atoms with Gasteiger partial charge in [0.05, 0.1) is 42.6 Å². The van der Waals surface area contributed by atoms with E-state index in [9.17, 15) is 9.18 Å². The average Bonchev–Trinajstić information content (AvgIpc) is 3.25. The average molecular weight is 511 g/mol. The Kier molecular flexibility index (Phi) is 6.55. The third kappa shape index (κ3) is 4.61. The van der Waals surface area contributed by atoms with Gasteiger partial charge in [0, 0.05) is 43.5 Å². The normalized spacial score (nSPS) is 13.8. The molecule has 0 radical (unpaired) electrons. The first-order chi connectivity index (χ1) is 17.4. The van der Waals surface area contributed by atoms with Gasteiger partial charge in [0.25, 0.3) is 5.56 Å². The molecule has 3 aromatic heterocycles. The van der Waals surface area contributed by atoms with Crippen LogP contribution >= 0.6 is 11.6 Å². The van der Waals surface area contributed by atoms with Crippen LogP contribution in [0.4, 0.5) is 15.8 Å². The number of hydrogen-bond donors (Lipinski definition) is 0. The highest BCUT2D eigenvalue weighted by Gasteiger charge is 2.22. The Labute approximate surface area is 211 Å². The largest absolute Gasteiger partial charge is 0.480 e. The summed E-state index contributed by atoms with van der Waals surface area (Å²) >= 11 is 5.88. The molecule has 186 valence electrons. The summed E-state index contributed by atoms with van der Waals surface area (Å²) in [5.41, 5.74) is 2.75. The number of hydrogen-bond acceptors (Lipinski definition) is 8. The quantitative estimate of drug-likeness (QED) is 0.391. The minimum absolute atomic E-state index is 0.0919. The first-order valence-corrected chi connectivity index (χ1v) is 11.7. The molecule has 4 heterocycles. The Balaban J connectivity index is 1.32. The third-order valence-corrected chi connectivity index (χ3v) is 6.42. The Morgan fingerprint density at radius 2 is 1.86 bits per heavy atom. The molecule has 0 amide bonds. The second kappa shape index (κ2) is 9.94. The number of ether oxygens (including phenoxy) is 1. The van der Waals surface area contributed by atoms with Crippen molar-refractivity contribution in [3.8, 4) is 11.6 Å². The van der Waals surface area contributed by atoms with Crippen molar-refractivity contribution >= 4 is 23.0 Å². The predicted octanol–water partition coefficient (Wildman–Crippen LogP) is 2.70. The minimum atomic E-state index is -0.535. The molecule has 4 aromatic rings. The van der Waals surface area contributed by atoms with Gasteiger partial charge in [-0.05, 0) is 37.3 Å². The van der Waals surface area contributed by atoms with Crippen LogP contribution in [-0.2, 0) is 6.54 Å². The number of nitrogens with zero attached hydrogens (tertiary/aromatic N) is 8. The molecule has 1 fully saturated rings. The van der Waals surface area contributed by atoms with Crippen LogP contribution in [0.15, 0.2) is 53.6 Å². The molecule has 0 unspecified atom stereocenters. The summed E-state index contributed by atoms with van der Waals surface area (Å²) in [6.07, 6.45) is 3.38. The molecule has 10 nitrogen and oxygen atoms in total. The SMILES string of the molecule is COc1ncccc1N1CCN(c2cnn(Cc3c(C)nnn3-c3ccc(Cl)cc3F)c(=O)c2)CC1. The number of rotatable bonds is 6. The first kappa shape index (κ1) is 23.7. The van der Waals surface area contributed by atoms with Crippen LogP contribution in [0.3, 0.4) is 0 Å². The van der Waals surface area contributed by atoms with E-state index in [2.05, 4.69) is 30.2 Å². The van der Waals surface area contributed by atoms with Crippen LogP contribution in [0.1, 0.15) is 11.4 Å². The van der Waals surface area contributed by atoms with Crippen molar-refractivity contribution in [1.82, 2.24) is 29.8 Å². The monoisotopic (exact) mass is 510 g/mol. The molecule has 1 aliphatic heterocycles. The number of halogens is 2. The van der Waals surface area contributed by atoms with Crippen LogP contribution in [0.5, 0.6) is 5.88 Å². The molecule has 0 saturated carbocycles. The van der Waals surface area contributed by atoms with Crippen molar-refractivity contribution in [2.45, 2.75) is 13.5 Å². The van der Waals surface area contributed by atoms with Crippen molar-refractivity contribution in [2.75, 3.05) is 43.1 Å². The van der Waals surface area contributed by atoms with Crippen LogP contribution in [0.2, 0.25) is 5.02 Å². The standard InChI is InChI=1S/C24H24ClFN8O2/c1-16-22(34(30-29-16)20-6-5-17(25)12-19(20)26)15-33-23(35)13-18(14-28-33)31-8-10-32(11-9-31)21-4-3-7-27-24(21)36-2/h3-7,12-14H,8-11,15H2,1-2H3. The molecular formula is C24H24ClFN8O2. The Hall–Kier alpha value is -3.99. The molecule has 1 aromatic carbocycles. The fourth-order valence-corrected chi connectivity index (χ4v) is 4.41. The maximum absolute atomic E-state index is 14.5. The third-order valence-electron chi connectivity index (χ3n) is 6.18. The molecule has 0 N–H and O–H groups in total. The van der Waals surface area contributed by atoms with Crippen LogP contribution in [-0.4, -0.2) is 63.0 Å². The number of methoxy groups -OCH3 is 1. The van der Waals surface area contributed by atoms with Gasteiger partial charge in [0.2, 0.25) is 5.88 Å². The smallest absolute Gasteiger partial charge is 0.269 e. The fraction of sp³-hybridized carbons (Fsp3) is 0.292. The zero-order valence-corrected chi connectivity index (χ0v) is 20.6. The van der Waals surface area contributed by atoms with Gasteiger partial charge < -0.3 is 14.5 Å². The number of aromatic nitrogens is 6. The molecule has 0 spiro atoms. The molecule has 0 aliphatic carbocycles. The van der Waals surface area contributed by atoms with E-state index >= 15 is 0 Å². The van der Waals surface area contributed by atoms with E-state index in [1.807, 2.05) is 12.1 Å². The molecule has 36 heavy (non-hydrogen) atoms. The lowest BCUT2D eigenvalue weighted by Gasteiger charge is -2.37. The maximum Gasteiger partial charge on any atom is 0.269 e. The van der Waals surface area contributed by atoms with Gasteiger partial charge in [-0.3, -0.25) is 4.79 Å². The minimum Gasteiger partial charge on any atom is -0.480 e.